The molecule has 21 heavy (non-hydrogen) atoms. The summed E-state index contributed by atoms with van der Waals surface area (Å²) < 4.78 is 0. The van der Waals surface area contributed by atoms with Crippen molar-refractivity contribution in [2.45, 2.75) is 26.4 Å². The Bertz CT molecular complexity index is 515. The Kier molecular flexibility index (Phi) is 7.79. The zero-order valence-corrected chi connectivity index (χ0v) is 12.4. The maximum atomic E-state index is 12.0. The summed E-state index contributed by atoms with van der Waals surface area (Å²) >= 11 is 0. The van der Waals surface area contributed by atoms with Gasteiger partial charge in [-0.05, 0) is 11.1 Å². The molecule has 2 aromatic carbocycles. The third-order valence-electron chi connectivity index (χ3n) is 2.83. The molecule has 0 aliphatic heterocycles. The van der Waals surface area contributed by atoms with Crippen molar-refractivity contribution in [3.05, 3.63) is 71.8 Å². The minimum Gasteiger partial charge on any atom is -0.350 e. The van der Waals surface area contributed by atoms with Gasteiger partial charge in [0.2, 0.25) is 5.91 Å². The zero-order chi connectivity index (χ0) is 15.5. The first-order chi connectivity index (χ1) is 10.3. The Morgan fingerprint density at radius 1 is 1.00 bits per heavy atom. The van der Waals surface area contributed by atoms with E-state index in [0.717, 1.165) is 11.1 Å². The van der Waals surface area contributed by atoms with Crippen LogP contribution in [0.2, 0.25) is 0 Å². The highest BCUT2D eigenvalue weighted by atomic mass is 16.5. The number of hydrogen-bond acceptors (Lipinski definition) is 3. The molecule has 4 heteroatoms. The second kappa shape index (κ2) is 9.69. The fraction of sp³-hybridized carbons (Fsp3) is 0.235. The number of amides is 1. The highest BCUT2D eigenvalue weighted by Gasteiger charge is 2.18. The lowest BCUT2D eigenvalue weighted by Gasteiger charge is -2.15. The first-order valence-corrected chi connectivity index (χ1v) is 7.07. The summed E-state index contributed by atoms with van der Waals surface area (Å²) in [5, 5.41) is 11.9. The van der Waals surface area contributed by atoms with Crippen LogP contribution in [0.4, 0.5) is 0 Å². The van der Waals surface area contributed by atoms with Crippen molar-refractivity contribution in [1.29, 1.82) is 0 Å². The molecule has 0 aliphatic carbocycles. The van der Waals surface area contributed by atoms with E-state index in [-0.39, 0.29) is 5.91 Å². The standard InChI is InChI=1S/C15H16N2O2.C2H6/c18-15(16-11-12-7-3-1-4-8-12)14(17-19)13-9-5-2-6-10-13;1-2/h1-10,14,17,19H,11H2,(H,16,18);1-2H3. The molecule has 0 fully saturated rings. The number of hydrogen-bond donors (Lipinski definition) is 3. The normalized spacial score (nSPS) is 11.0. The van der Waals surface area contributed by atoms with E-state index in [4.69, 9.17) is 5.21 Å². The summed E-state index contributed by atoms with van der Waals surface area (Å²) in [6, 6.07) is 18.0. The maximum absolute atomic E-state index is 12.0. The number of benzene rings is 2. The smallest absolute Gasteiger partial charge is 0.244 e. The van der Waals surface area contributed by atoms with Gasteiger partial charge < -0.3 is 10.5 Å². The monoisotopic (exact) mass is 286 g/mol. The minimum atomic E-state index is -0.759. The van der Waals surface area contributed by atoms with E-state index >= 15 is 0 Å². The van der Waals surface area contributed by atoms with Crippen LogP contribution < -0.4 is 10.8 Å². The average molecular weight is 286 g/mol. The second-order valence-corrected chi connectivity index (χ2v) is 4.18. The van der Waals surface area contributed by atoms with Gasteiger partial charge in [0.15, 0.2) is 0 Å². The summed E-state index contributed by atoms with van der Waals surface area (Å²) in [6.07, 6.45) is 0. The molecule has 0 bridgehead atoms. The van der Waals surface area contributed by atoms with E-state index in [1.807, 2.05) is 67.9 Å². The van der Waals surface area contributed by atoms with Gasteiger partial charge >= 0.3 is 0 Å². The van der Waals surface area contributed by atoms with Crippen molar-refractivity contribution < 1.29 is 10.0 Å². The minimum absolute atomic E-state index is 0.266. The predicted molar refractivity (Wildman–Crippen MR) is 83.7 cm³/mol. The molecule has 0 saturated carbocycles. The summed E-state index contributed by atoms with van der Waals surface area (Å²) in [5.41, 5.74) is 3.77. The molecule has 3 N–H and O–H groups in total. The number of rotatable bonds is 5. The lowest BCUT2D eigenvalue weighted by molar-refractivity contribution is -0.126. The molecular formula is C17H22N2O2. The molecular weight excluding hydrogens is 264 g/mol. The van der Waals surface area contributed by atoms with Gasteiger partial charge in [0.05, 0.1) is 0 Å². The van der Waals surface area contributed by atoms with Gasteiger partial charge in [0.25, 0.3) is 0 Å². The molecule has 0 saturated heterocycles. The van der Waals surface area contributed by atoms with E-state index in [0.29, 0.717) is 6.54 Å². The van der Waals surface area contributed by atoms with Crippen molar-refractivity contribution in [2.75, 3.05) is 0 Å². The molecule has 112 valence electrons. The molecule has 2 aromatic rings. The van der Waals surface area contributed by atoms with Gasteiger partial charge in [0, 0.05) is 6.54 Å². The Labute approximate surface area is 125 Å². The van der Waals surface area contributed by atoms with Crippen molar-refractivity contribution in [3.63, 3.8) is 0 Å². The molecule has 0 spiro atoms. The van der Waals surface area contributed by atoms with Crippen LogP contribution >= 0.6 is 0 Å². The van der Waals surface area contributed by atoms with Crippen LogP contribution in [0.1, 0.15) is 31.0 Å². The van der Waals surface area contributed by atoms with E-state index < -0.39 is 6.04 Å². The van der Waals surface area contributed by atoms with Crippen LogP contribution in [-0.4, -0.2) is 11.1 Å². The zero-order valence-electron chi connectivity index (χ0n) is 12.4. The highest BCUT2D eigenvalue weighted by Crippen LogP contribution is 2.12. The topological polar surface area (TPSA) is 61.4 Å². The molecule has 0 heterocycles. The molecule has 1 unspecified atom stereocenters. The van der Waals surface area contributed by atoms with Crippen LogP contribution in [0.15, 0.2) is 60.7 Å². The van der Waals surface area contributed by atoms with E-state index in [1.54, 1.807) is 12.1 Å². The van der Waals surface area contributed by atoms with E-state index in [1.165, 1.54) is 0 Å². The Balaban J connectivity index is 0.00000106. The molecule has 0 aliphatic rings. The molecule has 2 rings (SSSR count). The van der Waals surface area contributed by atoms with Crippen LogP contribution in [0.5, 0.6) is 0 Å². The van der Waals surface area contributed by atoms with Gasteiger partial charge in [-0.2, -0.15) is 5.48 Å². The third kappa shape index (κ3) is 5.38. The molecule has 0 aromatic heterocycles. The van der Waals surface area contributed by atoms with Crippen LogP contribution in [-0.2, 0) is 11.3 Å². The molecule has 4 nitrogen and oxygen atoms in total. The fourth-order valence-electron chi connectivity index (χ4n) is 1.82. The van der Waals surface area contributed by atoms with E-state index in [9.17, 15) is 4.79 Å². The van der Waals surface area contributed by atoms with Crippen molar-refractivity contribution >= 4 is 5.91 Å². The average Bonchev–Trinajstić information content (AvgIpc) is 2.57. The molecule has 0 radical (unpaired) electrons. The lowest BCUT2D eigenvalue weighted by atomic mass is 10.1. The van der Waals surface area contributed by atoms with Crippen molar-refractivity contribution in [3.8, 4) is 0 Å². The summed E-state index contributed by atoms with van der Waals surface area (Å²) in [6.45, 7) is 4.44. The number of carbonyl (C=O) groups excluding carboxylic acids is 1. The molecule has 1 atom stereocenters. The quantitative estimate of drug-likeness (QED) is 0.740. The van der Waals surface area contributed by atoms with Gasteiger partial charge in [0.1, 0.15) is 6.04 Å². The van der Waals surface area contributed by atoms with E-state index in [2.05, 4.69) is 5.32 Å². The van der Waals surface area contributed by atoms with Crippen molar-refractivity contribution in [1.82, 2.24) is 10.8 Å². The predicted octanol–water partition coefficient (Wildman–Crippen LogP) is 3.05. The van der Waals surface area contributed by atoms with Crippen LogP contribution in [0.3, 0.4) is 0 Å². The Morgan fingerprint density at radius 3 is 2.05 bits per heavy atom. The van der Waals surface area contributed by atoms with Crippen molar-refractivity contribution in [2.24, 2.45) is 0 Å². The SMILES string of the molecule is CC.O=C(NCc1ccccc1)C(NO)c1ccccc1. The summed E-state index contributed by atoms with van der Waals surface area (Å²) in [5.74, 6) is -0.266. The van der Waals surface area contributed by atoms with Crippen LogP contribution in [0, 0.1) is 0 Å². The summed E-state index contributed by atoms with van der Waals surface area (Å²) in [7, 11) is 0. The van der Waals surface area contributed by atoms with Gasteiger partial charge in [-0.3, -0.25) is 4.79 Å². The lowest BCUT2D eigenvalue weighted by Crippen LogP contribution is -2.35. The Morgan fingerprint density at radius 2 is 1.52 bits per heavy atom. The largest absolute Gasteiger partial charge is 0.350 e. The van der Waals surface area contributed by atoms with Crippen LogP contribution in [0.25, 0.3) is 0 Å². The maximum Gasteiger partial charge on any atom is 0.244 e. The third-order valence-corrected chi connectivity index (χ3v) is 2.83. The number of nitrogens with one attached hydrogen (secondary N) is 2. The van der Waals surface area contributed by atoms with Gasteiger partial charge in [-0.15, -0.1) is 0 Å². The Hall–Kier alpha value is -2.17. The first-order valence-electron chi connectivity index (χ1n) is 7.07. The van der Waals surface area contributed by atoms with Gasteiger partial charge in [-0.1, -0.05) is 74.5 Å². The number of hydroxylamine groups is 1. The fourth-order valence-corrected chi connectivity index (χ4v) is 1.82. The molecule has 1 amide bonds. The summed E-state index contributed by atoms with van der Waals surface area (Å²) in [4.78, 5) is 12.0. The first kappa shape index (κ1) is 16.9. The van der Waals surface area contributed by atoms with Gasteiger partial charge in [-0.25, -0.2) is 0 Å². The second-order valence-electron chi connectivity index (χ2n) is 4.18. The highest BCUT2D eigenvalue weighted by molar-refractivity contribution is 5.82. The number of carbonyl (C=O) groups is 1.